The van der Waals surface area contributed by atoms with Crippen molar-refractivity contribution >= 4 is 17.4 Å². The number of aromatic nitrogens is 1. The second-order valence-corrected chi connectivity index (χ2v) is 4.97. The fraction of sp³-hybridized carbons (Fsp3) is 0.583. The van der Waals surface area contributed by atoms with Crippen LogP contribution in [0.25, 0.3) is 0 Å². The van der Waals surface area contributed by atoms with Crippen molar-refractivity contribution in [2.24, 2.45) is 0 Å². The molecule has 4 heteroatoms. The Bertz CT molecular complexity index is 357. The van der Waals surface area contributed by atoms with Gasteiger partial charge in [0.15, 0.2) is 0 Å². The van der Waals surface area contributed by atoms with Crippen molar-refractivity contribution in [3.8, 4) is 0 Å². The molecule has 1 aliphatic heterocycles. The SMILES string of the molecule is CC1CN(c2cccc(Cl)n2)CC(C)N1C. The number of piperazine rings is 1. The summed E-state index contributed by atoms with van der Waals surface area (Å²) in [7, 11) is 2.18. The summed E-state index contributed by atoms with van der Waals surface area (Å²) in [6.07, 6.45) is 0. The lowest BCUT2D eigenvalue weighted by molar-refractivity contribution is 0.169. The molecule has 0 radical (unpaired) electrons. The van der Waals surface area contributed by atoms with E-state index in [4.69, 9.17) is 11.6 Å². The average molecular weight is 240 g/mol. The van der Waals surface area contributed by atoms with E-state index in [9.17, 15) is 0 Å². The van der Waals surface area contributed by atoms with Gasteiger partial charge in [-0.15, -0.1) is 0 Å². The Morgan fingerprint density at radius 1 is 1.25 bits per heavy atom. The maximum Gasteiger partial charge on any atom is 0.131 e. The Labute approximate surface area is 102 Å². The van der Waals surface area contributed by atoms with Crippen LogP contribution < -0.4 is 4.90 Å². The Morgan fingerprint density at radius 3 is 2.44 bits per heavy atom. The first-order chi connectivity index (χ1) is 7.58. The molecule has 16 heavy (non-hydrogen) atoms. The van der Waals surface area contributed by atoms with E-state index in [0.29, 0.717) is 17.2 Å². The normalized spacial score (nSPS) is 27.1. The van der Waals surface area contributed by atoms with Gasteiger partial charge in [-0.05, 0) is 33.0 Å². The lowest BCUT2D eigenvalue weighted by Gasteiger charge is -2.43. The highest BCUT2D eigenvalue weighted by Crippen LogP contribution is 2.20. The van der Waals surface area contributed by atoms with E-state index in [1.807, 2.05) is 18.2 Å². The summed E-state index contributed by atoms with van der Waals surface area (Å²) in [5, 5.41) is 0.566. The monoisotopic (exact) mass is 239 g/mol. The van der Waals surface area contributed by atoms with Gasteiger partial charge in [-0.3, -0.25) is 4.90 Å². The van der Waals surface area contributed by atoms with Crippen LogP contribution >= 0.6 is 11.6 Å². The number of hydrogen-bond donors (Lipinski definition) is 0. The molecule has 1 aromatic rings. The molecule has 0 saturated carbocycles. The molecular formula is C12H18ClN3. The molecule has 2 atom stereocenters. The van der Waals surface area contributed by atoms with Gasteiger partial charge >= 0.3 is 0 Å². The smallest absolute Gasteiger partial charge is 0.131 e. The molecule has 2 heterocycles. The molecule has 3 nitrogen and oxygen atoms in total. The number of anilines is 1. The summed E-state index contributed by atoms with van der Waals surface area (Å²) in [5.74, 6) is 0.985. The van der Waals surface area contributed by atoms with Crippen molar-refractivity contribution in [3.63, 3.8) is 0 Å². The number of hydrogen-bond acceptors (Lipinski definition) is 3. The summed E-state index contributed by atoms with van der Waals surface area (Å²) < 4.78 is 0. The molecule has 0 N–H and O–H groups in total. The average Bonchev–Trinajstić information content (AvgIpc) is 2.25. The second kappa shape index (κ2) is 4.60. The third-order valence-corrected chi connectivity index (χ3v) is 3.59. The Hall–Kier alpha value is -0.800. The number of likely N-dealkylation sites (N-methyl/N-ethyl adjacent to an activating group) is 1. The molecule has 0 spiro atoms. The number of rotatable bonds is 1. The highest BCUT2D eigenvalue weighted by molar-refractivity contribution is 6.29. The minimum absolute atomic E-state index is 0.546. The molecule has 1 fully saturated rings. The van der Waals surface area contributed by atoms with Gasteiger partial charge in [0.25, 0.3) is 0 Å². The van der Waals surface area contributed by atoms with Crippen molar-refractivity contribution in [1.29, 1.82) is 0 Å². The Balaban J connectivity index is 2.17. The van der Waals surface area contributed by atoms with E-state index < -0.39 is 0 Å². The van der Waals surface area contributed by atoms with Gasteiger partial charge in [0.05, 0.1) is 0 Å². The van der Waals surface area contributed by atoms with Gasteiger partial charge in [-0.25, -0.2) is 4.98 Å². The lowest BCUT2D eigenvalue weighted by atomic mass is 10.1. The standard InChI is InChI=1S/C12H18ClN3/c1-9-7-16(8-10(2)15(9)3)12-6-4-5-11(13)14-12/h4-6,9-10H,7-8H2,1-3H3. The summed E-state index contributed by atoms with van der Waals surface area (Å²) >= 11 is 5.92. The molecule has 88 valence electrons. The zero-order chi connectivity index (χ0) is 11.7. The van der Waals surface area contributed by atoms with Gasteiger partial charge in [-0.2, -0.15) is 0 Å². The van der Waals surface area contributed by atoms with E-state index >= 15 is 0 Å². The topological polar surface area (TPSA) is 19.4 Å². The van der Waals surface area contributed by atoms with Crippen LogP contribution in [0.5, 0.6) is 0 Å². The van der Waals surface area contributed by atoms with E-state index in [-0.39, 0.29) is 0 Å². The first kappa shape index (κ1) is 11.7. The molecule has 0 aromatic carbocycles. The molecule has 2 unspecified atom stereocenters. The Morgan fingerprint density at radius 2 is 1.88 bits per heavy atom. The molecule has 0 aliphatic carbocycles. The highest BCUT2D eigenvalue weighted by atomic mass is 35.5. The van der Waals surface area contributed by atoms with E-state index in [2.05, 4.69) is 35.7 Å². The molecule has 0 amide bonds. The quantitative estimate of drug-likeness (QED) is 0.701. The van der Waals surface area contributed by atoms with Gasteiger partial charge in [0.2, 0.25) is 0 Å². The first-order valence-corrected chi connectivity index (χ1v) is 6.05. The lowest BCUT2D eigenvalue weighted by Crippen LogP contribution is -2.55. The first-order valence-electron chi connectivity index (χ1n) is 5.67. The van der Waals surface area contributed by atoms with Crippen LogP contribution in [0.15, 0.2) is 18.2 Å². The van der Waals surface area contributed by atoms with E-state index in [1.54, 1.807) is 0 Å². The predicted octanol–water partition coefficient (Wildman–Crippen LogP) is 2.26. The minimum atomic E-state index is 0.546. The molecular weight excluding hydrogens is 222 g/mol. The van der Waals surface area contributed by atoms with E-state index in [0.717, 1.165) is 18.9 Å². The van der Waals surface area contributed by atoms with Crippen LogP contribution in [0.2, 0.25) is 5.15 Å². The maximum absolute atomic E-state index is 5.92. The van der Waals surface area contributed by atoms with Gasteiger partial charge in [0, 0.05) is 25.2 Å². The summed E-state index contributed by atoms with van der Waals surface area (Å²) in [5.41, 5.74) is 0. The van der Waals surface area contributed by atoms with Crippen LogP contribution in [0.3, 0.4) is 0 Å². The van der Waals surface area contributed by atoms with Crippen LogP contribution in [-0.4, -0.2) is 42.1 Å². The van der Waals surface area contributed by atoms with Gasteiger partial charge in [0.1, 0.15) is 11.0 Å². The fourth-order valence-electron chi connectivity index (χ4n) is 2.17. The number of nitrogens with zero attached hydrogens (tertiary/aromatic N) is 3. The summed E-state index contributed by atoms with van der Waals surface area (Å²) in [6.45, 7) is 6.50. The highest BCUT2D eigenvalue weighted by Gasteiger charge is 2.27. The van der Waals surface area contributed by atoms with Gasteiger partial charge in [-0.1, -0.05) is 17.7 Å². The molecule has 1 aliphatic rings. The van der Waals surface area contributed by atoms with Crippen LogP contribution in [0, 0.1) is 0 Å². The van der Waals surface area contributed by atoms with Crippen molar-refractivity contribution in [1.82, 2.24) is 9.88 Å². The second-order valence-electron chi connectivity index (χ2n) is 4.59. The molecule has 1 aromatic heterocycles. The van der Waals surface area contributed by atoms with Crippen molar-refractivity contribution in [2.75, 3.05) is 25.0 Å². The van der Waals surface area contributed by atoms with E-state index in [1.165, 1.54) is 0 Å². The van der Waals surface area contributed by atoms with Crippen LogP contribution in [-0.2, 0) is 0 Å². The largest absolute Gasteiger partial charge is 0.353 e. The zero-order valence-electron chi connectivity index (χ0n) is 10.0. The third-order valence-electron chi connectivity index (χ3n) is 3.38. The van der Waals surface area contributed by atoms with Gasteiger partial charge < -0.3 is 4.90 Å². The van der Waals surface area contributed by atoms with Crippen molar-refractivity contribution in [2.45, 2.75) is 25.9 Å². The zero-order valence-corrected chi connectivity index (χ0v) is 10.8. The Kier molecular flexibility index (Phi) is 3.36. The molecule has 2 rings (SSSR count). The summed E-state index contributed by atoms with van der Waals surface area (Å²) in [4.78, 5) is 9.07. The van der Waals surface area contributed by atoms with Crippen molar-refractivity contribution < 1.29 is 0 Å². The predicted molar refractivity (Wildman–Crippen MR) is 68.1 cm³/mol. The fourth-order valence-corrected chi connectivity index (χ4v) is 2.32. The van der Waals surface area contributed by atoms with Crippen molar-refractivity contribution in [3.05, 3.63) is 23.4 Å². The molecule has 0 bridgehead atoms. The number of halogens is 1. The maximum atomic E-state index is 5.92. The molecule has 1 saturated heterocycles. The number of pyridine rings is 1. The third kappa shape index (κ3) is 2.30. The van der Waals surface area contributed by atoms with Crippen LogP contribution in [0.1, 0.15) is 13.8 Å². The summed E-state index contributed by atoms with van der Waals surface area (Å²) in [6, 6.07) is 6.89. The van der Waals surface area contributed by atoms with Crippen LogP contribution in [0.4, 0.5) is 5.82 Å². The minimum Gasteiger partial charge on any atom is -0.353 e.